The van der Waals surface area contributed by atoms with Crippen molar-refractivity contribution in [2.24, 2.45) is 0 Å². The number of rotatable bonds is 1. The summed E-state index contributed by atoms with van der Waals surface area (Å²) in [6, 6.07) is 9.74. The van der Waals surface area contributed by atoms with Crippen LogP contribution in [0.15, 0.2) is 24.3 Å². The Hall–Kier alpha value is -2.06. The van der Waals surface area contributed by atoms with Crippen LogP contribution in [0.2, 0.25) is 0 Å². The lowest BCUT2D eigenvalue weighted by Crippen LogP contribution is -2.61. The van der Waals surface area contributed by atoms with Gasteiger partial charge in [0.05, 0.1) is 11.6 Å². The summed E-state index contributed by atoms with van der Waals surface area (Å²) in [5, 5.41) is 12.3. The van der Waals surface area contributed by atoms with Gasteiger partial charge in [-0.05, 0) is 24.6 Å². The third-order valence-electron chi connectivity index (χ3n) is 3.80. The van der Waals surface area contributed by atoms with Gasteiger partial charge in [0.15, 0.2) is 0 Å². The van der Waals surface area contributed by atoms with E-state index in [0.717, 1.165) is 38.3 Å². The molecule has 19 heavy (non-hydrogen) atoms. The monoisotopic (exact) mass is 256 g/mol. The van der Waals surface area contributed by atoms with Crippen LogP contribution in [0.3, 0.4) is 0 Å². The number of fused-ring (bicyclic) bond motifs is 1. The molecule has 1 aromatic carbocycles. The molecule has 2 aliphatic rings. The van der Waals surface area contributed by atoms with Crippen molar-refractivity contribution in [3.8, 4) is 6.07 Å². The molecule has 2 heterocycles. The van der Waals surface area contributed by atoms with Crippen molar-refractivity contribution in [1.29, 1.82) is 5.26 Å². The molecular weight excluding hydrogens is 240 g/mol. The van der Waals surface area contributed by atoms with Gasteiger partial charge in [-0.25, -0.2) is 4.79 Å². The molecule has 0 aliphatic carbocycles. The van der Waals surface area contributed by atoms with Crippen LogP contribution in [0.1, 0.15) is 12.0 Å². The second-order valence-corrected chi connectivity index (χ2v) is 4.94. The molecule has 0 bridgehead atoms. The van der Waals surface area contributed by atoms with Crippen LogP contribution in [0.25, 0.3) is 0 Å². The summed E-state index contributed by atoms with van der Waals surface area (Å²) in [5.74, 6) is 0. The van der Waals surface area contributed by atoms with E-state index in [1.165, 1.54) is 0 Å². The molecule has 0 spiro atoms. The summed E-state index contributed by atoms with van der Waals surface area (Å²) in [7, 11) is 0. The number of piperazine rings is 1. The van der Waals surface area contributed by atoms with Crippen molar-refractivity contribution in [2.45, 2.75) is 12.5 Å². The van der Waals surface area contributed by atoms with Crippen LogP contribution in [0.4, 0.5) is 10.5 Å². The van der Waals surface area contributed by atoms with E-state index in [1.807, 2.05) is 17.0 Å². The maximum Gasteiger partial charge on any atom is 0.324 e. The fraction of sp³-hybridized carbons (Fsp3) is 0.429. The summed E-state index contributed by atoms with van der Waals surface area (Å²) in [6.07, 6.45) is 0.968. The van der Waals surface area contributed by atoms with Gasteiger partial charge in [0.2, 0.25) is 0 Å². The normalized spacial score (nSPS) is 22.9. The Morgan fingerprint density at radius 3 is 3.11 bits per heavy atom. The highest BCUT2D eigenvalue weighted by Gasteiger charge is 2.35. The molecule has 5 nitrogen and oxygen atoms in total. The molecule has 2 aliphatic heterocycles. The predicted molar refractivity (Wildman–Crippen MR) is 71.9 cm³/mol. The number of hydrogen-bond donors (Lipinski definition) is 1. The Bertz CT molecular complexity index is 536. The van der Waals surface area contributed by atoms with Gasteiger partial charge in [-0.15, -0.1) is 0 Å². The van der Waals surface area contributed by atoms with Gasteiger partial charge in [0, 0.05) is 37.9 Å². The van der Waals surface area contributed by atoms with Gasteiger partial charge in [-0.2, -0.15) is 5.26 Å². The summed E-state index contributed by atoms with van der Waals surface area (Å²) < 4.78 is 0. The molecule has 3 rings (SSSR count). The summed E-state index contributed by atoms with van der Waals surface area (Å²) in [6.45, 7) is 3.22. The lowest BCUT2D eigenvalue weighted by molar-refractivity contribution is 0.147. The van der Waals surface area contributed by atoms with Crippen molar-refractivity contribution >= 4 is 11.7 Å². The first-order chi connectivity index (χ1) is 9.29. The largest absolute Gasteiger partial charge is 0.324 e. The van der Waals surface area contributed by atoms with E-state index in [1.54, 1.807) is 17.0 Å². The molecule has 5 heteroatoms. The van der Waals surface area contributed by atoms with Gasteiger partial charge in [-0.3, -0.25) is 4.90 Å². The first-order valence-corrected chi connectivity index (χ1v) is 6.58. The van der Waals surface area contributed by atoms with Crippen LogP contribution in [0, 0.1) is 11.3 Å². The Kier molecular flexibility index (Phi) is 3.10. The number of amides is 2. The molecular formula is C14H16N4O. The molecule has 1 N–H and O–H groups in total. The minimum Gasteiger partial charge on any atom is -0.319 e. The first kappa shape index (κ1) is 12.0. The predicted octanol–water partition coefficient (Wildman–Crippen LogP) is 1.16. The van der Waals surface area contributed by atoms with Crippen LogP contribution < -0.4 is 10.2 Å². The van der Waals surface area contributed by atoms with Gasteiger partial charge in [0.1, 0.15) is 0 Å². The maximum atomic E-state index is 12.5. The molecule has 0 saturated carbocycles. The number of benzene rings is 1. The zero-order valence-electron chi connectivity index (χ0n) is 10.7. The fourth-order valence-electron chi connectivity index (χ4n) is 2.78. The number of urea groups is 1. The van der Waals surface area contributed by atoms with E-state index in [0.29, 0.717) is 11.6 Å². The number of carbonyl (C=O) groups is 1. The van der Waals surface area contributed by atoms with Crippen molar-refractivity contribution in [3.63, 3.8) is 0 Å². The van der Waals surface area contributed by atoms with Crippen LogP contribution in [-0.4, -0.2) is 43.2 Å². The minimum absolute atomic E-state index is 0.0628. The van der Waals surface area contributed by atoms with E-state index < -0.39 is 0 Å². The van der Waals surface area contributed by atoms with Crippen molar-refractivity contribution in [2.75, 3.05) is 31.1 Å². The van der Waals surface area contributed by atoms with Crippen molar-refractivity contribution in [1.82, 2.24) is 10.2 Å². The van der Waals surface area contributed by atoms with E-state index in [4.69, 9.17) is 5.26 Å². The Balaban J connectivity index is 1.85. The molecule has 98 valence electrons. The molecule has 0 aromatic heterocycles. The maximum absolute atomic E-state index is 12.5. The van der Waals surface area contributed by atoms with Gasteiger partial charge in [-0.1, -0.05) is 6.07 Å². The molecule has 2 fully saturated rings. The molecule has 2 amide bonds. The number of nitriles is 1. The lowest BCUT2D eigenvalue weighted by Gasteiger charge is -2.44. The average molecular weight is 256 g/mol. The Morgan fingerprint density at radius 1 is 1.37 bits per heavy atom. The zero-order valence-corrected chi connectivity index (χ0v) is 10.7. The highest BCUT2D eigenvalue weighted by atomic mass is 16.2. The van der Waals surface area contributed by atoms with Crippen molar-refractivity contribution < 1.29 is 4.79 Å². The number of hydrogen-bond acceptors (Lipinski definition) is 3. The summed E-state index contributed by atoms with van der Waals surface area (Å²) in [5.41, 5.74) is 1.41. The number of carbonyl (C=O) groups excluding carboxylic acids is 1. The second kappa shape index (κ2) is 4.90. The van der Waals surface area contributed by atoms with Gasteiger partial charge >= 0.3 is 6.03 Å². The fourth-order valence-corrected chi connectivity index (χ4v) is 2.78. The standard InChI is InChI=1S/C14H16N4O/c15-9-11-2-1-3-12(8-11)17-6-4-13-10-16-5-7-18(13)14(17)19/h1-3,8,13,16H,4-7,10H2. The zero-order chi connectivity index (χ0) is 13.2. The Morgan fingerprint density at radius 2 is 2.26 bits per heavy atom. The average Bonchev–Trinajstić information content (AvgIpc) is 2.48. The topological polar surface area (TPSA) is 59.4 Å². The van der Waals surface area contributed by atoms with Crippen LogP contribution >= 0.6 is 0 Å². The van der Waals surface area contributed by atoms with E-state index in [9.17, 15) is 4.79 Å². The van der Waals surface area contributed by atoms with E-state index in [-0.39, 0.29) is 6.03 Å². The quantitative estimate of drug-likeness (QED) is 0.820. The van der Waals surface area contributed by atoms with E-state index >= 15 is 0 Å². The minimum atomic E-state index is 0.0628. The third-order valence-corrected chi connectivity index (χ3v) is 3.80. The van der Waals surface area contributed by atoms with Gasteiger partial charge < -0.3 is 10.2 Å². The highest BCUT2D eigenvalue weighted by molar-refractivity contribution is 5.93. The molecule has 1 unspecified atom stereocenters. The smallest absolute Gasteiger partial charge is 0.319 e. The SMILES string of the molecule is N#Cc1cccc(N2CCC3CNCCN3C2=O)c1. The summed E-state index contributed by atoms with van der Waals surface area (Å²) in [4.78, 5) is 16.2. The second-order valence-electron chi connectivity index (χ2n) is 4.94. The first-order valence-electron chi connectivity index (χ1n) is 6.58. The van der Waals surface area contributed by atoms with Crippen LogP contribution in [-0.2, 0) is 0 Å². The van der Waals surface area contributed by atoms with Crippen molar-refractivity contribution in [3.05, 3.63) is 29.8 Å². The molecule has 0 radical (unpaired) electrons. The number of anilines is 1. The number of nitrogens with zero attached hydrogens (tertiary/aromatic N) is 3. The van der Waals surface area contributed by atoms with Crippen LogP contribution in [0.5, 0.6) is 0 Å². The molecule has 1 aromatic rings. The highest BCUT2D eigenvalue weighted by Crippen LogP contribution is 2.24. The lowest BCUT2D eigenvalue weighted by atomic mass is 10.1. The third kappa shape index (κ3) is 2.15. The van der Waals surface area contributed by atoms with E-state index in [2.05, 4.69) is 11.4 Å². The molecule has 2 saturated heterocycles. The van der Waals surface area contributed by atoms with Gasteiger partial charge in [0.25, 0.3) is 0 Å². The Labute approximate surface area is 112 Å². The number of nitrogens with one attached hydrogen (secondary N) is 1. The summed E-state index contributed by atoms with van der Waals surface area (Å²) >= 11 is 0. The molecule has 1 atom stereocenters.